The van der Waals surface area contributed by atoms with Gasteiger partial charge in [0.05, 0.1) is 6.61 Å². The van der Waals surface area contributed by atoms with Crippen molar-refractivity contribution in [2.75, 3.05) is 6.61 Å². The van der Waals surface area contributed by atoms with Crippen LogP contribution in [0.1, 0.15) is 40.5 Å². The quantitative estimate of drug-likeness (QED) is 0.485. The molecule has 76 valence electrons. The Hall–Kier alpha value is -0.790. The summed E-state index contributed by atoms with van der Waals surface area (Å²) in [5, 5.41) is 0. The van der Waals surface area contributed by atoms with Gasteiger partial charge in [-0.1, -0.05) is 19.4 Å². The third-order valence-electron chi connectivity index (χ3n) is 2.26. The van der Waals surface area contributed by atoms with Crippen molar-refractivity contribution in [3.8, 4) is 0 Å². The first kappa shape index (κ1) is 12.2. The van der Waals surface area contributed by atoms with Crippen LogP contribution in [0, 0.1) is 5.92 Å². The van der Waals surface area contributed by atoms with E-state index in [1.54, 1.807) is 6.08 Å². The van der Waals surface area contributed by atoms with Gasteiger partial charge in [-0.05, 0) is 32.6 Å². The lowest BCUT2D eigenvalue weighted by Gasteiger charge is -2.12. The first-order valence-electron chi connectivity index (χ1n) is 5.00. The summed E-state index contributed by atoms with van der Waals surface area (Å²) in [5.74, 6) is 0.302. The molecule has 0 unspecified atom stereocenters. The van der Waals surface area contributed by atoms with Crippen LogP contribution in [-0.2, 0) is 9.53 Å². The summed E-state index contributed by atoms with van der Waals surface area (Å²) in [6.45, 7) is 8.53. The fourth-order valence-corrected chi connectivity index (χ4v) is 1.42. The number of rotatable bonds is 5. The van der Waals surface area contributed by atoms with Gasteiger partial charge >= 0.3 is 5.97 Å². The van der Waals surface area contributed by atoms with Gasteiger partial charge in [-0.15, -0.1) is 0 Å². The van der Waals surface area contributed by atoms with Crippen molar-refractivity contribution in [1.82, 2.24) is 0 Å². The monoisotopic (exact) mass is 184 g/mol. The second-order valence-electron chi connectivity index (χ2n) is 3.15. The van der Waals surface area contributed by atoms with Crippen LogP contribution in [-0.4, -0.2) is 12.6 Å². The highest BCUT2D eigenvalue weighted by Crippen LogP contribution is 2.17. The van der Waals surface area contributed by atoms with Crippen LogP contribution in [0.25, 0.3) is 0 Å². The molecule has 0 aromatic heterocycles. The van der Waals surface area contributed by atoms with E-state index in [-0.39, 0.29) is 5.97 Å². The van der Waals surface area contributed by atoms with Gasteiger partial charge in [0.1, 0.15) is 0 Å². The molecule has 0 saturated carbocycles. The molecule has 2 nitrogen and oxygen atoms in total. The van der Waals surface area contributed by atoms with Crippen LogP contribution < -0.4 is 0 Å². The van der Waals surface area contributed by atoms with Crippen LogP contribution in [0.5, 0.6) is 0 Å². The third-order valence-corrected chi connectivity index (χ3v) is 2.26. The van der Waals surface area contributed by atoms with E-state index >= 15 is 0 Å². The summed E-state index contributed by atoms with van der Waals surface area (Å²) in [6, 6.07) is 0. The lowest BCUT2D eigenvalue weighted by molar-refractivity contribution is -0.137. The average Bonchev–Trinajstić information content (AvgIpc) is 2.06. The summed E-state index contributed by atoms with van der Waals surface area (Å²) >= 11 is 0. The maximum atomic E-state index is 11.1. The molecule has 0 aliphatic carbocycles. The molecule has 0 rings (SSSR count). The Morgan fingerprint density at radius 1 is 1.31 bits per heavy atom. The van der Waals surface area contributed by atoms with E-state index in [4.69, 9.17) is 4.74 Å². The van der Waals surface area contributed by atoms with Crippen LogP contribution in [0.2, 0.25) is 0 Å². The molecule has 0 saturated heterocycles. The minimum Gasteiger partial charge on any atom is -0.463 e. The smallest absolute Gasteiger partial charge is 0.330 e. The van der Waals surface area contributed by atoms with Gasteiger partial charge in [-0.3, -0.25) is 0 Å². The minimum atomic E-state index is -0.216. The predicted octanol–water partition coefficient (Wildman–Crippen LogP) is 2.93. The molecule has 0 fully saturated rings. The number of ether oxygens (including phenoxy) is 1. The van der Waals surface area contributed by atoms with Crippen molar-refractivity contribution in [1.29, 1.82) is 0 Å². The lowest BCUT2D eigenvalue weighted by Crippen LogP contribution is -2.05. The fourth-order valence-electron chi connectivity index (χ4n) is 1.42. The van der Waals surface area contributed by atoms with E-state index in [1.165, 1.54) is 0 Å². The number of allylic oxidation sites excluding steroid dienone is 1. The fraction of sp³-hybridized carbons (Fsp3) is 0.727. The molecule has 13 heavy (non-hydrogen) atoms. The Kier molecular flexibility index (Phi) is 6.29. The van der Waals surface area contributed by atoms with Crippen molar-refractivity contribution < 1.29 is 9.53 Å². The van der Waals surface area contributed by atoms with Crippen LogP contribution >= 0.6 is 0 Å². The summed E-state index contributed by atoms with van der Waals surface area (Å²) in [6.07, 6.45) is 3.78. The SMILES string of the molecule is CCOC(=O)C=C(C)C(CC)CC. The Labute approximate surface area is 81.0 Å². The molecule has 0 N–H and O–H groups in total. The number of esters is 1. The Bertz CT molecular complexity index is 179. The normalized spacial score (nSPS) is 11.9. The number of carbonyl (C=O) groups is 1. The van der Waals surface area contributed by atoms with Crippen molar-refractivity contribution in [2.24, 2.45) is 5.92 Å². The molecular weight excluding hydrogens is 164 g/mol. The molecule has 0 spiro atoms. The van der Waals surface area contributed by atoms with Crippen molar-refractivity contribution in [3.63, 3.8) is 0 Å². The van der Waals surface area contributed by atoms with E-state index in [2.05, 4.69) is 13.8 Å². The highest BCUT2D eigenvalue weighted by molar-refractivity contribution is 5.82. The van der Waals surface area contributed by atoms with Crippen molar-refractivity contribution in [2.45, 2.75) is 40.5 Å². The molecular formula is C11H20O2. The van der Waals surface area contributed by atoms with Crippen molar-refractivity contribution in [3.05, 3.63) is 11.6 Å². The van der Waals surface area contributed by atoms with Gasteiger partial charge in [0.2, 0.25) is 0 Å². The highest BCUT2D eigenvalue weighted by Gasteiger charge is 2.07. The van der Waals surface area contributed by atoms with Crippen LogP contribution in [0.3, 0.4) is 0 Å². The van der Waals surface area contributed by atoms with Crippen molar-refractivity contribution >= 4 is 5.97 Å². The van der Waals surface area contributed by atoms with E-state index < -0.39 is 0 Å². The van der Waals surface area contributed by atoms with E-state index in [1.807, 2.05) is 13.8 Å². The number of hydrogen-bond acceptors (Lipinski definition) is 2. The molecule has 0 aliphatic heterocycles. The zero-order valence-corrected chi connectivity index (χ0v) is 9.09. The molecule has 2 heteroatoms. The van der Waals surface area contributed by atoms with Gasteiger partial charge in [0.15, 0.2) is 0 Å². The largest absolute Gasteiger partial charge is 0.463 e. The summed E-state index contributed by atoms with van der Waals surface area (Å²) in [5.41, 5.74) is 1.13. The minimum absolute atomic E-state index is 0.216. The molecule has 0 atom stereocenters. The predicted molar refractivity (Wildman–Crippen MR) is 54.5 cm³/mol. The first-order valence-corrected chi connectivity index (χ1v) is 5.00. The second-order valence-corrected chi connectivity index (χ2v) is 3.15. The summed E-state index contributed by atoms with van der Waals surface area (Å²) < 4.78 is 4.84. The van der Waals surface area contributed by atoms with Gasteiger partial charge in [-0.2, -0.15) is 0 Å². The molecule has 0 amide bonds. The molecule has 0 aliphatic rings. The Balaban J connectivity index is 4.20. The highest BCUT2D eigenvalue weighted by atomic mass is 16.5. The van der Waals surface area contributed by atoms with E-state index in [0.717, 1.165) is 18.4 Å². The Morgan fingerprint density at radius 2 is 1.85 bits per heavy atom. The van der Waals surface area contributed by atoms with E-state index in [9.17, 15) is 4.79 Å². The molecule has 0 aromatic rings. The van der Waals surface area contributed by atoms with Gasteiger partial charge in [0, 0.05) is 6.08 Å². The summed E-state index contributed by atoms with van der Waals surface area (Å²) in [7, 11) is 0. The standard InChI is InChI=1S/C11H20O2/c1-5-10(6-2)9(4)8-11(12)13-7-3/h8,10H,5-7H2,1-4H3. The number of hydrogen-bond donors (Lipinski definition) is 0. The lowest BCUT2D eigenvalue weighted by atomic mass is 9.95. The number of carbonyl (C=O) groups excluding carboxylic acids is 1. The molecule has 0 heterocycles. The second kappa shape index (κ2) is 6.70. The zero-order chi connectivity index (χ0) is 10.3. The van der Waals surface area contributed by atoms with Gasteiger partial charge in [0.25, 0.3) is 0 Å². The van der Waals surface area contributed by atoms with E-state index in [0.29, 0.717) is 12.5 Å². The van der Waals surface area contributed by atoms with Crippen LogP contribution in [0.15, 0.2) is 11.6 Å². The Morgan fingerprint density at radius 3 is 2.23 bits per heavy atom. The molecule has 0 bridgehead atoms. The topological polar surface area (TPSA) is 26.3 Å². The molecule has 0 aromatic carbocycles. The zero-order valence-electron chi connectivity index (χ0n) is 9.09. The van der Waals surface area contributed by atoms with Crippen LogP contribution in [0.4, 0.5) is 0 Å². The first-order chi connectivity index (χ1) is 6.15. The third kappa shape index (κ3) is 4.71. The van der Waals surface area contributed by atoms with Gasteiger partial charge < -0.3 is 4.74 Å². The summed E-state index contributed by atoms with van der Waals surface area (Å²) in [4.78, 5) is 11.1. The maximum absolute atomic E-state index is 11.1. The molecule has 0 radical (unpaired) electrons. The average molecular weight is 184 g/mol. The van der Waals surface area contributed by atoms with Gasteiger partial charge in [-0.25, -0.2) is 4.79 Å². The maximum Gasteiger partial charge on any atom is 0.330 e.